The molecule has 0 aliphatic carbocycles. The molecule has 1 aromatic carbocycles. The van der Waals surface area contributed by atoms with Crippen molar-refractivity contribution in [2.45, 2.75) is 13.1 Å². The molecule has 0 saturated carbocycles. The Bertz CT molecular complexity index is 875. The van der Waals surface area contributed by atoms with Crippen LogP contribution in [0.15, 0.2) is 41.3 Å². The summed E-state index contributed by atoms with van der Waals surface area (Å²) in [5, 5.41) is 10.4. The molecule has 1 N–H and O–H groups in total. The van der Waals surface area contributed by atoms with Crippen LogP contribution in [0.1, 0.15) is 11.1 Å². The van der Waals surface area contributed by atoms with Crippen LogP contribution >= 0.6 is 22.6 Å². The molecule has 1 amide bonds. The summed E-state index contributed by atoms with van der Waals surface area (Å²) < 4.78 is 7.33. The highest BCUT2D eigenvalue weighted by Gasteiger charge is 2.22. The Kier molecular flexibility index (Phi) is 6.38. The Labute approximate surface area is 171 Å². The number of rotatable bonds is 4. The first-order chi connectivity index (χ1) is 13.0. The highest BCUT2D eigenvalue weighted by molar-refractivity contribution is 14.1. The lowest BCUT2D eigenvalue weighted by atomic mass is 10.2. The fourth-order valence-electron chi connectivity index (χ4n) is 3.12. The summed E-state index contributed by atoms with van der Waals surface area (Å²) in [7, 11) is 1.37. The third kappa shape index (κ3) is 4.62. The first kappa shape index (κ1) is 19.7. The van der Waals surface area contributed by atoms with Crippen molar-refractivity contribution in [3.05, 3.63) is 61.6 Å². The van der Waals surface area contributed by atoms with Crippen LogP contribution < -0.4 is 5.56 Å². The third-order valence-corrected chi connectivity index (χ3v) is 5.77. The molecule has 1 saturated heterocycles. The number of carbonyl (C=O) groups excluding carboxylic acids is 1. The van der Waals surface area contributed by atoms with Crippen LogP contribution in [0.4, 0.5) is 4.79 Å². The van der Waals surface area contributed by atoms with E-state index in [-0.39, 0.29) is 17.4 Å². The number of piperazine rings is 1. The quantitative estimate of drug-likeness (QED) is 0.675. The normalized spacial score (nSPS) is 15.0. The summed E-state index contributed by atoms with van der Waals surface area (Å²) in [5.74, 6) is -0.209. The SMILES string of the molecule is COC(=O)N1CCN(Cc2ccn(Cc3ccccc3I)c(=O)c2O)CC1. The van der Waals surface area contributed by atoms with E-state index in [0.717, 1.165) is 9.13 Å². The minimum absolute atomic E-state index is 0.209. The molecule has 0 spiro atoms. The van der Waals surface area contributed by atoms with Crippen molar-refractivity contribution < 1.29 is 14.6 Å². The van der Waals surface area contributed by atoms with E-state index >= 15 is 0 Å². The largest absolute Gasteiger partial charge is 0.503 e. The molecule has 0 radical (unpaired) electrons. The second-order valence-corrected chi connectivity index (χ2v) is 7.61. The number of methoxy groups -OCH3 is 1. The summed E-state index contributed by atoms with van der Waals surface area (Å²) in [4.78, 5) is 27.9. The second kappa shape index (κ2) is 8.75. The zero-order chi connectivity index (χ0) is 19.4. The van der Waals surface area contributed by atoms with Gasteiger partial charge < -0.3 is 19.3 Å². The Hall–Kier alpha value is -2.07. The summed E-state index contributed by atoms with van der Waals surface area (Å²) >= 11 is 2.24. The molecule has 1 aromatic heterocycles. The third-order valence-electron chi connectivity index (χ3n) is 4.72. The Morgan fingerprint density at radius 2 is 1.81 bits per heavy atom. The molecular weight excluding hydrogens is 461 g/mol. The number of benzene rings is 1. The molecule has 0 bridgehead atoms. The Morgan fingerprint density at radius 3 is 2.48 bits per heavy atom. The Balaban J connectivity index is 1.68. The van der Waals surface area contributed by atoms with Crippen LogP contribution in [0.3, 0.4) is 0 Å². The standard InChI is InChI=1S/C19H22IN3O4/c1-27-19(26)22-10-8-21(9-11-22)12-15-6-7-23(18(25)17(15)24)13-14-4-2-3-5-16(14)20/h2-7,24H,8-13H2,1H3. The average Bonchev–Trinajstić information content (AvgIpc) is 2.69. The number of pyridine rings is 1. The maximum Gasteiger partial charge on any atom is 0.409 e. The number of halogens is 1. The zero-order valence-corrected chi connectivity index (χ0v) is 17.3. The zero-order valence-electron chi connectivity index (χ0n) is 15.1. The van der Waals surface area contributed by atoms with Crippen molar-refractivity contribution in [1.29, 1.82) is 0 Å². The lowest BCUT2D eigenvalue weighted by molar-refractivity contribution is 0.0885. The van der Waals surface area contributed by atoms with Crippen LogP contribution in [-0.2, 0) is 17.8 Å². The molecule has 8 heteroatoms. The van der Waals surface area contributed by atoms with E-state index < -0.39 is 0 Å². The number of amides is 1. The number of ether oxygens (including phenoxy) is 1. The van der Waals surface area contributed by atoms with Gasteiger partial charge in [0, 0.05) is 48.1 Å². The molecule has 1 fully saturated rings. The number of carbonyl (C=O) groups is 1. The number of nitrogens with zero attached hydrogens (tertiary/aromatic N) is 3. The van der Waals surface area contributed by atoms with Gasteiger partial charge in [-0.1, -0.05) is 18.2 Å². The van der Waals surface area contributed by atoms with E-state index in [1.54, 1.807) is 17.2 Å². The monoisotopic (exact) mass is 483 g/mol. The van der Waals surface area contributed by atoms with E-state index in [1.165, 1.54) is 11.7 Å². The summed E-state index contributed by atoms with van der Waals surface area (Å²) in [6, 6.07) is 9.64. The molecule has 1 aliphatic heterocycles. The second-order valence-electron chi connectivity index (χ2n) is 6.45. The predicted molar refractivity (Wildman–Crippen MR) is 110 cm³/mol. The van der Waals surface area contributed by atoms with Crippen LogP contribution in [-0.4, -0.2) is 58.9 Å². The van der Waals surface area contributed by atoms with E-state index in [9.17, 15) is 14.7 Å². The van der Waals surface area contributed by atoms with Gasteiger partial charge in [-0.05, 0) is 40.3 Å². The van der Waals surface area contributed by atoms with Gasteiger partial charge in [-0.25, -0.2) is 4.79 Å². The fraction of sp³-hybridized carbons (Fsp3) is 0.368. The van der Waals surface area contributed by atoms with Crippen molar-refractivity contribution in [3.8, 4) is 5.75 Å². The first-order valence-corrected chi connectivity index (χ1v) is 9.77. The van der Waals surface area contributed by atoms with Crippen LogP contribution in [0.2, 0.25) is 0 Å². The number of aromatic nitrogens is 1. The number of hydrogen-bond acceptors (Lipinski definition) is 5. The van der Waals surface area contributed by atoms with Crippen molar-refractivity contribution in [2.75, 3.05) is 33.3 Å². The highest BCUT2D eigenvalue weighted by Crippen LogP contribution is 2.17. The van der Waals surface area contributed by atoms with Gasteiger partial charge in [-0.15, -0.1) is 0 Å². The molecule has 27 heavy (non-hydrogen) atoms. The van der Waals surface area contributed by atoms with E-state index in [1.807, 2.05) is 24.3 Å². The van der Waals surface area contributed by atoms with E-state index in [2.05, 4.69) is 27.5 Å². The summed E-state index contributed by atoms with van der Waals surface area (Å²) in [6.45, 7) is 3.36. The van der Waals surface area contributed by atoms with Crippen molar-refractivity contribution in [3.63, 3.8) is 0 Å². The molecule has 0 atom stereocenters. The molecule has 3 rings (SSSR count). The van der Waals surface area contributed by atoms with E-state index in [4.69, 9.17) is 4.74 Å². The van der Waals surface area contributed by atoms with Crippen molar-refractivity contribution >= 4 is 28.7 Å². The summed E-state index contributed by atoms with van der Waals surface area (Å²) in [6.07, 6.45) is 1.40. The number of hydrogen-bond donors (Lipinski definition) is 1. The molecule has 0 unspecified atom stereocenters. The van der Waals surface area contributed by atoms with Gasteiger partial charge in [0.2, 0.25) is 0 Å². The van der Waals surface area contributed by atoms with Crippen LogP contribution in [0, 0.1) is 3.57 Å². The summed E-state index contributed by atoms with van der Waals surface area (Å²) in [5.41, 5.74) is 1.25. The van der Waals surface area contributed by atoms with Gasteiger partial charge in [0.25, 0.3) is 5.56 Å². The Morgan fingerprint density at radius 1 is 1.11 bits per heavy atom. The van der Waals surface area contributed by atoms with Crippen LogP contribution in [0.25, 0.3) is 0 Å². The van der Waals surface area contributed by atoms with Crippen LogP contribution in [0.5, 0.6) is 5.75 Å². The van der Waals surface area contributed by atoms with Gasteiger partial charge >= 0.3 is 6.09 Å². The van der Waals surface area contributed by atoms with Crippen molar-refractivity contribution in [2.24, 2.45) is 0 Å². The average molecular weight is 483 g/mol. The van der Waals surface area contributed by atoms with Gasteiger partial charge in [0.05, 0.1) is 13.7 Å². The van der Waals surface area contributed by atoms with Gasteiger partial charge in [0.1, 0.15) is 0 Å². The maximum absolute atomic E-state index is 12.5. The molecule has 2 aromatic rings. The highest BCUT2D eigenvalue weighted by atomic mass is 127. The lowest BCUT2D eigenvalue weighted by Crippen LogP contribution is -2.48. The van der Waals surface area contributed by atoms with Gasteiger partial charge in [-0.3, -0.25) is 9.69 Å². The van der Waals surface area contributed by atoms with E-state index in [0.29, 0.717) is 44.8 Å². The van der Waals surface area contributed by atoms with Gasteiger partial charge in [0.15, 0.2) is 5.75 Å². The lowest BCUT2D eigenvalue weighted by Gasteiger charge is -2.33. The first-order valence-electron chi connectivity index (χ1n) is 8.69. The molecule has 1 aliphatic rings. The molecular formula is C19H22IN3O4. The minimum Gasteiger partial charge on any atom is -0.503 e. The minimum atomic E-state index is -0.389. The van der Waals surface area contributed by atoms with Gasteiger partial charge in [-0.2, -0.15) is 0 Å². The maximum atomic E-state index is 12.5. The van der Waals surface area contributed by atoms with Crippen molar-refractivity contribution in [1.82, 2.24) is 14.4 Å². The fourth-order valence-corrected chi connectivity index (χ4v) is 3.68. The predicted octanol–water partition coefficient (Wildman–Crippen LogP) is 2.09. The molecule has 7 nitrogen and oxygen atoms in total. The smallest absolute Gasteiger partial charge is 0.409 e. The topological polar surface area (TPSA) is 75.0 Å². The molecule has 2 heterocycles. The number of aromatic hydroxyl groups is 1. The molecule has 144 valence electrons.